The molecule has 0 bridgehead atoms. The quantitative estimate of drug-likeness (QED) is 0.650. The van der Waals surface area contributed by atoms with E-state index in [0.717, 1.165) is 0 Å². The molecule has 0 atom stereocenters. The van der Waals surface area contributed by atoms with Crippen LogP contribution in [0.4, 0.5) is 0 Å². The Balaban J connectivity index is 0. The first-order valence-corrected chi connectivity index (χ1v) is 8.61. The summed E-state index contributed by atoms with van der Waals surface area (Å²) < 4.78 is 3.85. The van der Waals surface area contributed by atoms with E-state index in [9.17, 15) is 0 Å². The second kappa shape index (κ2) is 11.0. The van der Waals surface area contributed by atoms with Gasteiger partial charge in [-0.1, -0.05) is 48.5 Å². The third-order valence-electron chi connectivity index (χ3n) is 2.78. The number of hydrogen-bond donors (Lipinski definition) is 0. The molecule has 2 aromatic heterocycles. The van der Waals surface area contributed by atoms with E-state index in [1.54, 1.807) is 6.20 Å². The van der Waals surface area contributed by atoms with Crippen LogP contribution in [0.15, 0.2) is 30.7 Å². The van der Waals surface area contributed by atoms with E-state index in [1.165, 1.54) is 5.69 Å². The van der Waals surface area contributed by atoms with Gasteiger partial charge in [0.15, 0.2) is 0 Å². The molecule has 0 saturated carbocycles. The van der Waals surface area contributed by atoms with Gasteiger partial charge in [0, 0.05) is 36.7 Å². The number of aryl methyl sites for hydroxylation is 1. The Morgan fingerprint density at radius 1 is 0.826 bits per heavy atom. The molecule has 0 spiro atoms. The van der Waals surface area contributed by atoms with Crippen LogP contribution in [-0.4, -0.2) is 19.6 Å². The van der Waals surface area contributed by atoms with Gasteiger partial charge < -0.3 is 0 Å². The number of aromatic nitrogens is 4. The number of hydrogen-bond acceptors (Lipinski definition) is 2. The number of nitrogens with zero attached hydrogens (tertiary/aromatic N) is 4. The molecule has 0 aromatic carbocycles. The predicted molar refractivity (Wildman–Crippen MR) is 102 cm³/mol. The zero-order valence-electron chi connectivity index (χ0n) is 17.2. The van der Waals surface area contributed by atoms with E-state index in [4.69, 9.17) is 0 Å². The molecule has 0 saturated heterocycles. The summed E-state index contributed by atoms with van der Waals surface area (Å²) >= 11 is 0. The first kappa shape index (κ1) is 23.7. The summed E-state index contributed by atoms with van der Waals surface area (Å²) in [5.74, 6) is 0. The normalized spacial score (nSPS) is 10.4. The lowest BCUT2D eigenvalue weighted by atomic mass is 9.92. The fraction of sp³-hybridized carbons (Fsp3) is 0.684. The first-order chi connectivity index (χ1) is 10.6. The molecule has 0 N–H and O–H groups in total. The summed E-state index contributed by atoms with van der Waals surface area (Å²) in [5, 5.41) is 8.20. The maximum atomic E-state index is 4.10. The van der Waals surface area contributed by atoms with Crippen LogP contribution in [0, 0.1) is 0 Å². The fourth-order valence-electron chi connectivity index (χ4n) is 1.78. The third-order valence-corrected chi connectivity index (χ3v) is 2.78. The van der Waals surface area contributed by atoms with Gasteiger partial charge in [0.25, 0.3) is 0 Å². The molecule has 0 aliphatic rings. The Morgan fingerprint density at radius 3 is 1.52 bits per heavy atom. The van der Waals surface area contributed by atoms with Gasteiger partial charge >= 0.3 is 0 Å². The lowest BCUT2D eigenvalue weighted by Crippen LogP contribution is -2.21. The van der Waals surface area contributed by atoms with Crippen LogP contribution < -0.4 is 0 Å². The highest BCUT2D eigenvalue weighted by molar-refractivity contribution is 5.11. The summed E-state index contributed by atoms with van der Waals surface area (Å²) in [4.78, 5) is 0. The highest BCUT2D eigenvalue weighted by atomic mass is 15.3. The molecular formula is C19H38N4. The smallest absolute Gasteiger partial charge is 0.0543 e. The molecule has 23 heavy (non-hydrogen) atoms. The van der Waals surface area contributed by atoms with Gasteiger partial charge in [0.1, 0.15) is 0 Å². The minimum Gasteiger partial charge on any atom is -0.272 e. The molecule has 2 rings (SSSR count). The maximum absolute atomic E-state index is 4.10. The molecule has 2 aromatic rings. The van der Waals surface area contributed by atoms with E-state index in [1.807, 2.05) is 62.6 Å². The molecular weight excluding hydrogens is 284 g/mol. The molecule has 4 nitrogen and oxygen atoms in total. The van der Waals surface area contributed by atoms with Gasteiger partial charge in [-0.05, 0) is 32.9 Å². The Labute approximate surface area is 143 Å². The number of rotatable bonds is 0. The predicted octanol–water partition coefficient (Wildman–Crippen LogP) is 5.41. The van der Waals surface area contributed by atoms with Gasteiger partial charge in [-0.2, -0.15) is 10.2 Å². The topological polar surface area (TPSA) is 35.6 Å². The van der Waals surface area contributed by atoms with Crippen molar-refractivity contribution in [1.82, 2.24) is 19.6 Å². The monoisotopic (exact) mass is 322 g/mol. The Kier molecular flexibility index (Phi) is 11.4. The molecule has 0 aliphatic carbocycles. The van der Waals surface area contributed by atoms with E-state index in [-0.39, 0.29) is 11.0 Å². The minimum atomic E-state index is 0.128. The van der Waals surface area contributed by atoms with Crippen LogP contribution in [0.3, 0.4) is 0 Å². The van der Waals surface area contributed by atoms with Crippen molar-refractivity contribution in [3.63, 3.8) is 0 Å². The Hall–Kier alpha value is -1.58. The molecule has 0 radical (unpaired) electrons. The Morgan fingerprint density at radius 2 is 1.35 bits per heavy atom. The van der Waals surface area contributed by atoms with Crippen LogP contribution in [-0.2, 0) is 18.0 Å². The van der Waals surface area contributed by atoms with Crippen molar-refractivity contribution in [1.29, 1.82) is 0 Å². The van der Waals surface area contributed by atoms with Crippen LogP contribution in [0.25, 0.3) is 0 Å². The zero-order valence-corrected chi connectivity index (χ0v) is 17.2. The standard InChI is InChI=1S/C8H14N2.C7H12N2.2C2H6/c1-8(2,3)7-5-6-9-10(7)4;1-7(2,3)9-6-4-5-8-9;2*1-2/h5-6H,1-4H3;4-6H,1-3H3;2*1-2H3. The van der Waals surface area contributed by atoms with E-state index >= 15 is 0 Å². The molecule has 134 valence electrons. The highest BCUT2D eigenvalue weighted by Crippen LogP contribution is 2.20. The summed E-state index contributed by atoms with van der Waals surface area (Å²) in [6.45, 7) is 20.9. The summed E-state index contributed by atoms with van der Waals surface area (Å²) in [5.41, 5.74) is 1.61. The average molecular weight is 323 g/mol. The van der Waals surface area contributed by atoms with Gasteiger partial charge in [0.05, 0.1) is 5.54 Å². The molecule has 2 heterocycles. The van der Waals surface area contributed by atoms with Crippen molar-refractivity contribution in [2.75, 3.05) is 0 Å². The summed E-state index contributed by atoms with van der Waals surface area (Å²) in [7, 11) is 1.97. The SMILES string of the molecule is CC.CC.CC(C)(C)n1cccn1.Cn1nccc1C(C)(C)C. The van der Waals surface area contributed by atoms with Gasteiger partial charge in [0.2, 0.25) is 0 Å². The van der Waals surface area contributed by atoms with Crippen molar-refractivity contribution in [3.8, 4) is 0 Å². The second-order valence-corrected chi connectivity index (χ2v) is 6.71. The summed E-state index contributed by atoms with van der Waals surface area (Å²) in [6.07, 6.45) is 5.60. The average Bonchev–Trinajstić information content (AvgIpc) is 3.13. The minimum absolute atomic E-state index is 0.128. The Bertz CT molecular complexity index is 482. The van der Waals surface area contributed by atoms with Crippen LogP contribution in [0.2, 0.25) is 0 Å². The first-order valence-electron chi connectivity index (χ1n) is 8.61. The fourth-order valence-corrected chi connectivity index (χ4v) is 1.78. The van der Waals surface area contributed by atoms with E-state index in [2.05, 4.69) is 57.8 Å². The zero-order chi connectivity index (χ0) is 18.7. The van der Waals surface area contributed by atoms with E-state index < -0.39 is 0 Å². The van der Waals surface area contributed by atoms with Crippen molar-refractivity contribution < 1.29 is 0 Å². The summed E-state index contributed by atoms with van der Waals surface area (Å²) in [6, 6.07) is 3.99. The largest absolute Gasteiger partial charge is 0.272 e. The molecule has 4 heteroatoms. The molecule has 0 fully saturated rings. The van der Waals surface area contributed by atoms with Crippen LogP contribution >= 0.6 is 0 Å². The van der Waals surface area contributed by atoms with Crippen molar-refractivity contribution in [2.45, 2.75) is 80.2 Å². The van der Waals surface area contributed by atoms with Gasteiger partial charge in [-0.25, -0.2) is 0 Å². The third kappa shape index (κ3) is 9.22. The van der Waals surface area contributed by atoms with Crippen LogP contribution in [0.1, 0.15) is 74.9 Å². The lowest BCUT2D eigenvalue weighted by molar-refractivity contribution is 0.355. The second-order valence-electron chi connectivity index (χ2n) is 6.71. The van der Waals surface area contributed by atoms with Gasteiger partial charge in [-0.3, -0.25) is 9.36 Å². The van der Waals surface area contributed by atoms with Crippen LogP contribution in [0.5, 0.6) is 0 Å². The lowest BCUT2D eigenvalue weighted by Gasteiger charge is -2.18. The molecule has 0 unspecified atom stereocenters. The van der Waals surface area contributed by atoms with Gasteiger partial charge in [-0.15, -0.1) is 0 Å². The van der Waals surface area contributed by atoms with Crippen molar-refractivity contribution in [2.24, 2.45) is 7.05 Å². The molecule has 0 aliphatic heterocycles. The van der Waals surface area contributed by atoms with Crippen molar-refractivity contribution >= 4 is 0 Å². The maximum Gasteiger partial charge on any atom is 0.0543 e. The van der Waals surface area contributed by atoms with E-state index in [0.29, 0.717) is 0 Å². The highest BCUT2D eigenvalue weighted by Gasteiger charge is 2.16. The molecule has 0 amide bonds. The van der Waals surface area contributed by atoms with Crippen molar-refractivity contribution in [3.05, 3.63) is 36.4 Å².